The first kappa shape index (κ1) is 14.9. The zero-order valence-corrected chi connectivity index (χ0v) is 10.0. The van der Waals surface area contributed by atoms with E-state index in [2.05, 4.69) is 0 Å². The van der Waals surface area contributed by atoms with E-state index >= 15 is 0 Å². The van der Waals surface area contributed by atoms with Crippen LogP contribution in [0.5, 0.6) is 0 Å². The number of carboxylic acid groups (broad SMARTS) is 1. The topological polar surface area (TPSA) is 83.8 Å². The third-order valence-corrected chi connectivity index (χ3v) is 2.78. The molecular formula is C11H20O5. The number of hydrogen-bond donors (Lipinski definition) is 2. The minimum Gasteiger partial charge on any atom is -0.481 e. The molecule has 0 aliphatic carbocycles. The lowest BCUT2D eigenvalue weighted by molar-refractivity contribution is -0.158. The second-order valence-electron chi connectivity index (χ2n) is 4.22. The van der Waals surface area contributed by atoms with Crippen LogP contribution in [0.15, 0.2) is 0 Å². The maximum Gasteiger partial charge on any atom is 0.311 e. The molecule has 5 nitrogen and oxygen atoms in total. The average Bonchev–Trinajstić information content (AvgIpc) is 2.25. The van der Waals surface area contributed by atoms with Crippen molar-refractivity contribution >= 4 is 11.9 Å². The maximum absolute atomic E-state index is 11.7. The first-order chi connectivity index (χ1) is 7.37. The first-order valence-electron chi connectivity index (χ1n) is 5.38. The molecule has 94 valence electrons. The van der Waals surface area contributed by atoms with Crippen molar-refractivity contribution in [2.45, 2.75) is 33.6 Å². The van der Waals surface area contributed by atoms with Crippen molar-refractivity contribution in [2.24, 2.45) is 11.3 Å². The Kier molecular flexibility index (Phi) is 6.03. The average molecular weight is 232 g/mol. The van der Waals surface area contributed by atoms with Crippen LogP contribution in [-0.2, 0) is 14.3 Å². The van der Waals surface area contributed by atoms with Crippen LogP contribution in [0.25, 0.3) is 0 Å². The summed E-state index contributed by atoms with van der Waals surface area (Å²) in [5.41, 5.74) is -0.799. The van der Waals surface area contributed by atoms with Crippen molar-refractivity contribution in [3.63, 3.8) is 0 Å². The van der Waals surface area contributed by atoms with Crippen LogP contribution in [0.4, 0.5) is 0 Å². The molecule has 0 heterocycles. The summed E-state index contributed by atoms with van der Waals surface area (Å²) < 4.78 is 4.85. The zero-order chi connectivity index (χ0) is 12.8. The fourth-order valence-corrected chi connectivity index (χ4v) is 1.45. The van der Waals surface area contributed by atoms with Gasteiger partial charge in [0.05, 0.1) is 17.9 Å². The summed E-state index contributed by atoms with van der Waals surface area (Å²) in [5, 5.41) is 17.4. The molecule has 5 heteroatoms. The van der Waals surface area contributed by atoms with E-state index in [1.165, 1.54) is 0 Å². The van der Waals surface area contributed by atoms with Crippen LogP contribution >= 0.6 is 0 Å². The fourth-order valence-electron chi connectivity index (χ4n) is 1.45. The minimum atomic E-state index is -0.922. The van der Waals surface area contributed by atoms with Gasteiger partial charge in [0.25, 0.3) is 0 Å². The summed E-state index contributed by atoms with van der Waals surface area (Å²) in [7, 11) is 0. The van der Waals surface area contributed by atoms with Gasteiger partial charge in [-0.3, -0.25) is 9.59 Å². The number of carbonyl (C=O) groups is 2. The molecule has 0 rings (SSSR count). The molecule has 0 bridgehead atoms. The molecule has 0 aromatic carbocycles. The third-order valence-electron chi connectivity index (χ3n) is 2.78. The number of ether oxygens (including phenoxy) is 1. The van der Waals surface area contributed by atoms with Crippen molar-refractivity contribution in [1.29, 1.82) is 0 Å². The fraction of sp³-hybridized carbons (Fsp3) is 0.818. The van der Waals surface area contributed by atoms with E-state index in [1.807, 2.05) is 6.92 Å². The smallest absolute Gasteiger partial charge is 0.311 e. The van der Waals surface area contributed by atoms with Gasteiger partial charge in [0.2, 0.25) is 0 Å². The standard InChI is InChI=1S/C11H20O5/c1-4-11(3,7-8(2)9(13)14)10(15)16-6-5-12/h8,12H,4-7H2,1-3H3,(H,13,14). The largest absolute Gasteiger partial charge is 0.481 e. The van der Waals surface area contributed by atoms with Gasteiger partial charge in [-0.1, -0.05) is 13.8 Å². The van der Waals surface area contributed by atoms with E-state index in [9.17, 15) is 9.59 Å². The Bertz CT molecular complexity index is 251. The second kappa shape index (κ2) is 6.48. The van der Waals surface area contributed by atoms with Crippen molar-refractivity contribution in [3.05, 3.63) is 0 Å². The number of carbonyl (C=O) groups excluding carboxylic acids is 1. The molecule has 0 saturated carbocycles. The van der Waals surface area contributed by atoms with Gasteiger partial charge in [-0.15, -0.1) is 0 Å². The van der Waals surface area contributed by atoms with Crippen LogP contribution in [0.1, 0.15) is 33.6 Å². The number of rotatable bonds is 7. The van der Waals surface area contributed by atoms with E-state index in [4.69, 9.17) is 14.9 Å². The van der Waals surface area contributed by atoms with E-state index < -0.39 is 23.3 Å². The summed E-state index contributed by atoms with van der Waals surface area (Å²) in [5.74, 6) is -1.96. The Hall–Kier alpha value is -1.10. The highest BCUT2D eigenvalue weighted by Gasteiger charge is 2.36. The van der Waals surface area contributed by atoms with E-state index in [0.29, 0.717) is 6.42 Å². The van der Waals surface area contributed by atoms with Crippen LogP contribution < -0.4 is 0 Å². The second-order valence-corrected chi connectivity index (χ2v) is 4.22. The van der Waals surface area contributed by atoms with Crippen LogP contribution in [-0.4, -0.2) is 35.4 Å². The van der Waals surface area contributed by atoms with E-state index in [1.54, 1.807) is 13.8 Å². The highest BCUT2D eigenvalue weighted by molar-refractivity contribution is 5.78. The van der Waals surface area contributed by atoms with Crippen molar-refractivity contribution in [3.8, 4) is 0 Å². The highest BCUT2D eigenvalue weighted by atomic mass is 16.5. The molecule has 2 N–H and O–H groups in total. The lowest BCUT2D eigenvalue weighted by Gasteiger charge is -2.27. The molecule has 0 saturated heterocycles. The normalized spacial score (nSPS) is 16.2. The Morgan fingerprint density at radius 1 is 1.44 bits per heavy atom. The van der Waals surface area contributed by atoms with Gasteiger partial charge in [0.1, 0.15) is 6.61 Å². The third kappa shape index (κ3) is 4.18. The Morgan fingerprint density at radius 2 is 2.00 bits per heavy atom. The quantitative estimate of drug-likeness (QED) is 0.641. The summed E-state index contributed by atoms with van der Waals surface area (Å²) in [6, 6.07) is 0. The predicted molar refractivity (Wildman–Crippen MR) is 57.9 cm³/mol. The van der Waals surface area contributed by atoms with Crippen molar-refractivity contribution in [2.75, 3.05) is 13.2 Å². The van der Waals surface area contributed by atoms with Gasteiger partial charge >= 0.3 is 11.9 Å². The van der Waals surface area contributed by atoms with Crippen LogP contribution in [0, 0.1) is 11.3 Å². The van der Waals surface area contributed by atoms with Gasteiger partial charge in [0, 0.05) is 0 Å². The molecule has 0 aromatic rings. The summed E-state index contributed by atoms with van der Waals surface area (Å²) in [6.45, 7) is 4.80. The lowest BCUT2D eigenvalue weighted by Crippen LogP contribution is -2.33. The number of carboxylic acids is 1. The van der Waals surface area contributed by atoms with Gasteiger partial charge < -0.3 is 14.9 Å². The molecule has 0 spiro atoms. The first-order valence-corrected chi connectivity index (χ1v) is 5.38. The van der Waals surface area contributed by atoms with Gasteiger partial charge in [0.15, 0.2) is 0 Å². The molecule has 0 fully saturated rings. The molecule has 0 amide bonds. The SMILES string of the molecule is CCC(C)(CC(C)C(=O)O)C(=O)OCCO. The molecule has 16 heavy (non-hydrogen) atoms. The monoisotopic (exact) mass is 232 g/mol. The van der Waals surface area contributed by atoms with Gasteiger partial charge in [-0.2, -0.15) is 0 Å². The Labute approximate surface area is 95.4 Å². The van der Waals surface area contributed by atoms with E-state index in [-0.39, 0.29) is 19.6 Å². The van der Waals surface area contributed by atoms with Crippen LogP contribution in [0.3, 0.4) is 0 Å². The molecular weight excluding hydrogens is 212 g/mol. The van der Waals surface area contributed by atoms with Gasteiger partial charge in [-0.25, -0.2) is 0 Å². The number of esters is 1. The van der Waals surface area contributed by atoms with Crippen molar-refractivity contribution < 1.29 is 24.5 Å². The number of aliphatic carboxylic acids is 1. The van der Waals surface area contributed by atoms with E-state index in [0.717, 1.165) is 0 Å². The van der Waals surface area contributed by atoms with Gasteiger partial charge in [-0.05, 0) is 19.8 Å². The molecule has 2 unspecified atom stereocenters. The molecule has 0 aromatic heterocycles. The number of aliphatic hydroxyl groups excluding tert-OH is 1. The molecule has 2 atom stereocenters. The molecule has 0 aliphatic rings. The zero-order valence-electron chi connectivity index (χ0n) is 10.0. The maximum atomic E-state index is 11.7. The number of hydrogen-bond acceptors (Lipinski definition) is 4. The van der Waals surface area contributed by atoms with Crippen molar-refractivity contribution in [1.82, 2.24) is 0 Å². The Balaban J connectivity index is 4.51. The lowest BCUT2D eigenvalue weighted by atomic mass is 9.79. The summed E-state index contributed by atoms with van der Waals surface area (Å²) in [6.07, 6.45) is 0.748. The molecule has 0 aliphatic heterocycles. The van der Waals surface area contributed by atoms with Crippen LogP contribution in [0.2, 0.25) is 0 Å². The summed E-state index contributed by atoms with van der Waals surface area (Å²) >= 11 is 0. The molecule has 0 radical (unpaired) electrons. The summed E-state index contributed by atoms with van der Waals surface area (Å²) in [4.78, 5) is 22.4. The predicted octanol–water partition coefficient (Wildman–Crippen LogP) is 1.05. The number of aliphatic hydroxyl groups is 1. The Morgan fingerprint density at radius 3 is 2.38 bits per heavy atom. The minimum absolute atomic E-state index is 0.0458. The highest BCUT2D eigenvalue weighted by Crippen LogP contribution is 2.31.